The Hall–Kier alpha value is -2.61. The summed E-state index contributed by atoms with van der Waals surface area (Å²) in [5.41, 5.74) is 0.855. The number of piperazine rings is 1. The highest BCUT2D eigenvalue weighted by Crippen LogP contribution is 2.27. The first-order chi connectivity index (χ1) is 14.1. The van der Waals surface area contributed by atoms with Crippen LogP contribution in [0.3, 0.4) is 0 Å². The maximum absolute atomic E-state index is 12.8. The Labute approximate surface area is 181 Å². The lowest BCUT2D eigenvalue weighted by Gasteiger charge is -2.35. The Morgan fingerprint density at radius 1 is 1.03 bits per heavy atom. The normalized spacial score (nSPS) is 14.7. The SMILES string of the molecule is CC(C)Oc1ccc(-c2nc(C(=O)N3CCN(C(=O)OC(C)(C)C)CC3)cs2)cc1. The van der Waals surface area contributed by atoms with Gasteiger partial charge in [-0.25, -0.2) is 9.78 Å². The van der Waals surface area contributed by atoms with E-state index in [4.69, 9.17) is 9.47 Å². The molecule has 0 saturated carbocycles. The first-order valence-corrected chi connectivity index (χ1v) is 11.0. The lowest BCUT2D eigenvalue weighted by atomic mass is 10.2. The van der Waals surface area contributed by atoms with E-state index in [1.54, 1.807) is 15.2 Å². The minimum Gasteiger partial charge on any atom is -0.491 e. The van der Waals surface area contributed by atoms with Gasteiger partial charge in [-0.05, 0) is 58.9 Å². The zero-order valence-corrected chi connectivity index (χ0v) is 19.0. The van der Waals surface area contributed by atoms with Crippen molar-refractivity contribution in [3.63, 3.8) is 0 Å². The van der Waals surface area contributed by atoms with E-state index >= 15 is 0 Å². The Bertz CT molecular complexity index is 879. The monoisotopic (exact) mass is 431 g/mol. The van der Waals surface area contributed by atoms with Crippen molar-refractivity contribution in [2.75, 3.05) is 26.2 Å². The number of benzene rings is 1. The van der Waals surface area contributed by atoms with E-state index in [1.165, 1.54) is 11.3 Å². The number of carbonyl (C=O) groups is 2. The lowest BCUT2D eigenvalue weighted by Crippen LogP contribution is -2.51. The molecule has 30 heavy (non-hydrogen) atoms. The predicted molar refractivity (Wildman–Crippen MR) is 117 cm³/mol. The molecule has 1 aromatic heterocycles. The zero-order valence-electron chi connectivity index (χ0n) is 18.2. The fourth-order valence-corrected chi connectivity index (χ4v) is 3.83. The van der Waals surface area contributed by atoms with Gasteiger partial charge in [0.05, 0.1) is 6.10 Å². The van der Waals surface area contributed by atoms with Crippen molar-refractivity contribution in [2.24, 2.45) is 0 Å². The first-order valence-electron chi connectivity index (χ1n) is 10.1. The van der Waals surface area contributed by atoms with E-state index in [1.807, 2.05) is 58.9 Å². The van der Waals surface area contributed by atoms with Gasteiger partial charge in [0.2, 0.25) is 0 Å². The van der Waals surface area contributed by atoms with E-state index in [0.29, 0.717) is 31.9 Å². The molecule has 8 heteroatoms. The smallest absolute Gasteiger partial charge is 0.410 e. The Kier molecular flexibility index (Phi) is 6.65. The van der Waals surface area contributed by atoms with Gasteiger partial charge in [0.1, 0.15) is 22.1 Å². The molecule has 2 aromatic rings. The van der Waals surface area contributed by atoms with Crippen LogP contribution < -0.4 is 4.74 Å². The van der Waals surface area contributed by atoms with Crippen molar-refractivity contribution < 1.29 is 19.1 Å². The molecule has 1 saturated heterocycles. The van der Waals surface area contributed by atoms with E-state index < -0.39 is 5.60 Å². The van der Waals surface area contributed by atoms with Crippen molar-refractivity contribution in [1.82, 2.24) is 14.8 Å². The highest BCUT2D eigenvalue weighted by atomic mass is 32.1. The second-order valence-electron chi connectivity index (χ2n) is 8.49. The second-order valence-corrected chi connectivity index (χ2v) is 9.35. The number of rotatable bonds is 4. The average molecular weight is 432 g/mol. The van der Waals surface area contributed by atoms with Crippen LogP contribution >= 0.6 is 11.3 Å². The standard InChI is InChI=1S/C22H29N3O4S/c1-15(2)28-17-8-6-16(7-9-17)19-23-18(14-30-19)20(26)24-10-12-25(13-11-24)21(27)29-22(3,4)5/h6-9,14-15H,10-13H2,1-5H3. The molecule has 162 valence electrons. The van der Waals surface area contributed by atoms with Gasteiger partial charge in [0.15, 0.2) is 0 Å². The summed E-state index contributed by atoms with van der Waals surface area (Å²) in [5.74, 6) is 0.700. The molecule has 0 atom stereocenters. The third kappa shape index (κ3) is 5.72. The number of aromatic nitrogens is 1. The average Bonchev–Trinajstić information content (AvgIpc) is 3.16. The molecule has 1 aliphatic heterocycles. The van der Waals surface area contributed by atoms with Crippen LogP contribution in [0.5, 0.6) is 5.75 Å². The maximum atomic E-state index is 12.8. The summed E-state index contributed by atoms with van der Waals surface area (Å²) in [7, 11) is 0. The van der Waals surface area contributed by atoms with E-state index in [-0.39, 0.29) is 18.1 Å². The van der Waals surface area contributed by atoms with Gasteiger partial charge in [-0.15, -0.1) is 11.3 Å². The largest absolute Gasteiger partial charge is 0.491 e. The molecule has 0 N–H and O–H groups in total. The topological polar surface area (TPSA) is 72.0 Å². The molecular weight excluding hydrogens is 402 g/mol. The van der Waals surface area contributed by atoms with Crippen LogP contribution in [0.2, 0.25) is 0 Å². The number of thiazole rings is 1. The molecule has 3 rings (SSSR count). The molecule has 0 aliphatic carbocycles. The number of carbonyl (C=O) groups excluding carboxylic acids is 2. The van der Waals surface area contributed by atoms with Crippen LogP contribution in [0.1, 0.15) is 45.1 Å². The van der Waals surface area contributed by atoms with Crippen molar-refractivity contribution in [2.45, 2.75) is 46.3 Å². The number of amides is 2. The third-order valence-corrected chi connectivity index (χ3v) is 5.31. The Balaban J connectivity index is 1.58. The summed E-state index contributed by atoms with van der Waals surface area (Å²) < 4.78 is 11.1. The van der Waals surface area contributed by atoms with Crippen LogP contribution in [0, 0.1) is 0 Å². The molecular formula is C22H29N3O4S. The maximum Gasteiger partial charge on any atom is 0.410 e. The highest BCUT2D eigenvalue weighted by Gasteiger charge is 2.28. The van der Waals surface area contributed by atoms with Crippen LogP contribution in [0.15, 0.2) is 29.6 Å². The van der Waals surface area contributed by atoms with Crippen LogP contribution in [0.4, 0.5) is 4.79 Å². The quantitative estimate of drug-likeness (QED) is 0.722. The minimum atomic E-state index is -0.528. The molecule has 0 radical (unpaired) electrons. The summed E-state index contributed by atoms with van der Waals surface area (Å²) in [6.45, 7) is 11.3. The van der Waals surface area contributed by atoms with E-state index in [9.17, 15) is 9.59 Å². The number of hydrogen-bond donors (Lipinski definition) is 0. The molecule has 1 aromatic carbocycles. The third-order valence-electron chi connectivity index (χ3n) is 4.41. The van der Waals surface area contributed by atoms with Crippen molar-refractivity contribution >= 4 is 23.3 Å². The summed E-state index contributed by atoms with van der Waals surface area (Å²) >= 11 is 1.44. The highest BCUT2D eigenvalue weighted by molar-refractivity contribution is 7.13. The van der Waals surface area contributed by atoms with E-state index in [0.717, 1.165) is 16.3 Å². The van der Waals surface area contributed by atoms with Gasteiger partial charge in [-0.2, -0.15) is 0 Å². The minimum absolute atomic E-state index is 0.110. The first kappa shape index (κ1) is 22.1. The molecule has 0 spiro atoms. The molecule has 1 aliphatic rings. The summed E-state index contributed by atoms with van der Waals surface area (Å²) in [6, 6.07) is 7.72. The second kappa shape index (κ2) is 9.04. The van der Waals surface area contributed by atoms with Crippen molar-refractivity contribution in [1.29, 1.82) is 0 Å². The van der Waals surface area contributed by atoms with Gasteiger partial charge in [-0.3, -0.25) is 4.79 Å². The molecule has 0 bridgehead atoms. The van der Waals surface area contributed by atoms with Crippen LogP contribution in [-0.4, -0.2) is 64.7 Å². The summed E-state index contributed by atoms with van der Waals surface area (Å²) in [6.07, 6.45) is -0.217. The number of ether oxygens (including phenoxy) is 2. The van der Waals surface area contributed by atoms with Gasteiger partial charge in [0, 0.05) is 37.1 Å². The fraction of sp³-hybridized carbons (Fsp3) is 0.500. The van der Waals surface area contributed by atoms with Crippen molar-refractivity contribution in [3.8, 4) is 16.3 Å². The Morgan fingerprint density at radius 2 is 1.63 bits per heavy atom. The number of nitrogens with zero attached hydrogens (tertiary/aromatic N) is 3. The summed E-state index contributed by atoms with van der Waals surface area (Å²) in [5, 5.41) is 2.58. The van der Waals surface area contributed by atoms with E-state index in [2.05, 4.69) is 4.98 Å². The zero-order chi connectivity index (χ0) is 21.9. The van der Waals surface area contributed by atoms with Crippen molar-refractivity contribution in [3.05, 3.63) is 35.3 Å². The van der Waals surface area contributed by atoms with Gasteiger partial charge in [-0.1, -0.05) is 0 Å². The van der Waals surface area contributed by atoms with Gasteiger partial charge >= 0.3 is 6.09 Å². The molecule has 0 unspecified atom stereocenters. The fourth-order valence-electron chi connectivity index (χ4n) is 3.03. The Morgan fingerprint density at radius 3 is 2.20 bits per heavy atom. The summed E-state index contributed by atoms with van der Waals surface area (Å²) in [4.78, 5) is 32.9. The van der Waals surface area contributed by atoms with Gasteiger partial charge in [0.25, 0.3) is 5.91 Å². The van der Waals surface area contributed by atoms with Crippen LogP contribution in [0.25, 0.3) is 10.6 Å². The molecule has 2 heterocycles. The molecule has 1 fully saturated rings. The van der Waals surface area contributed by atoms with Gasteiger partial charge < -0.3 is 19.3 Å². The predicted octanol–water partition coefficient (Wildman–Crippen LogP) is 4.29. The van der Waals surface area contributed by atoms with Crippen LogP contribution in [-0.2, 0) is 4.74 Å². The molecule has 7 nitrogen and oxygen atoms in total. The number of hydrogen-bond acceptors (Lipinski definition) is 6. The lowest BCUT2D eigenvalue weighted by molar-refractivity contribution is 0.0140. The molecule has 2 amide bonds.